The maximum Gasteiger partial charge on any atom is 0.191 e. The first-order valence-electron chi connectivity index (χ1n) is 8.86. The Kier molecular flexibility index (Phi) is 7.07. The summed E-state index contributed by atoms with van der Waals surface area (Å²) in [5.41, 5.74) is -0.149. The lowest BCUT2D eigenvalue weighted by atomic mass is 9.96. The number of furan rings is 1. The second kappa shape index (κ2) is 9.28. The lowest BCUT2D eigenvalue weighted by Gasteiger charge is -2.23. The van der Waals surface area contributed by atoms with Gasteiger partial charge in [-0.1, -0.05) is 37.3 Å². The first-order valence-corrected chi connectivity index (χ1v) is 8.86. The van der Waals surface area contributed by atoms with Gasteiger partial charge >= 0.3 is 0 Å². The van der Waals surface area contributed by atoms with Crippen LogP contribution in [0.15, 0.2) is 58.1 Å². The zero-order valence-electron chi connectivity index (χ0n) is 15.3. The molecule has 0 aliphatic heterocycles. The van der Waals surface area contributed by atoms with Gasteiger partial charge in [0.15, 0.2) is 5.96 Å². The third-order valence-electron chi connectivity index (χ3n) is 4.18. The van der Waals surface area contributed by atoms with Crippen LogP contribution in [0, 0.1) is 0 Å². The number of rotatable bonds is 8. The van der Waals surface area contributed by atoms with Gasteiger partial charge < -0.3 is 20.2 Å². The molecule has 136 valence electrons. The number of benzene rings is 1. The molecule has 0 fully saturated rings. The lowest BCUT2D eigenvalue weighted by Crippen LogP contribution is -2.43. The smallest absolute Gasteiger partial charge is 0.191 e. The molecule has 0 saturated heterocycles. The highest BCUT2D eigenvalue weighted by Gasteiger charge is 2.22. The van der Waals surface area contributed by atoms with Crippen molar-refractivity contribution in [3.05, 3.63) is 60.1 Å². The van der Waals surface area contributed by atoms with Crippen LogP contribution < -0.4 is 10.6 Å². The molecule has 0 bridgehead atoms. The Bertz CT molecular complexity index is 636. The Balaban J connectivity index is 1.99. The first-order chi connectivity index (χ1) is 12.0. The van der Waals surface area contributed by atoms with Crippen molar-refractivity contribution in [3.8, 4) is 0 Å². The fourth-order valence-electron chi connectivity index (χ4n) is 2.37. The predicted molar refractivity (Wildman–Crippen MR) is 102 cm³/mol. The number of aliphatic hydroxyl groups is 1. The van der Waals surface area contributed by atoms with Crippen LogP contribution in [0.25, 0.3) is 0 Å². The van der Waals surface area contributed by atoms with Gasteiger partial charge in [0.05, 0.1) is 12.8 Å². The Morgan fingerprint density at radius 1 is 1.24 bits per heavy atom. The lowest BCUT2D eigenvalue weighted by molar-refractivity contribution is 0.0672. The second-order valence-electron chi connectivity index (χ2n) is 6.51. The van der Waals surface area contributed by atoms with Gasteiger partial charge in [-0.05, 0) is 38.0 Å². The number of guanidine groups is 1. The molecule has 1 aromatic carbocycles. The number of hydrogen-bond donors (Lipinski definition) is 3. The van der Waals surface area contributed by atoms with Crippen LogP contribution in [0.4, 0.5) is 0 Å². The monoisotopic (exact) mass is 343 g/mol. The molecular formula is C20H29N3O2. The van der Waals surface area contributed by atoms with Crippen LogP contribution in [0.1, 0.15) is 38.5 Å². The molecule has 5 nitrogen and oxygen atoms in total. The van der Waals surface area contributed by atoms with E-state index in [4.69, 9.17) is 4.42 Å². The Morgan fingerprint density at radius 3 is 2.64 bits per heavy atom. The number of aliphatic imine (C=N–C) groups is 1. The summed E-state index contributed by atoms with van der Waals surface area (Å²) >= 11 is 0. The zero-order valence-corrected chi connectivity index (χ0v) is 15.3. The van der Waals surface area contributed by atoms with Crippen LogP contribution in [0.2, 0.25) is 0 Å². The highest BCUT2D eigenvalue weighted by Crippen LogP contribution is 2.20. The van der Waals surface area contributed by atoms with Gasteiger partial charge in [-0.25, -0.2) is 4.99 Å². The molecule has 0 radical (unpaired) electrons. The van der Waals surface area contributed by atoms with Gasteiger partial charge in [0, 0.05) is 19.0 Å². The first kappa shape index (κ1) is 19.1. The van der Waals surface area contributed by atoms with E-state index in [0.29, 0.717) is 18.5 Å². The molecule has 0 spiro atoms. The normalized spacial score (nSPS) is 15.4. The van der Waals surface area contributed by atoms with E-state index in [1.807, 2.05) is 42.5 Å². The fourth-order valence-corrected chi connectivity index (χ4v) is 2.37. The minimum atomic E-state index is -1.01. The maximum absolute atomic E-state index is 10.7. The maximum atomic E-state index is 10.7. The largest absolute Gasteiger partial charge is 0.469 e. The Labute approximate surface area is 150 Å². The van der Waals surface area contributed by atoms with E-state index in [0.717, 1.165) is 24.2 Å². The van der Waals surface area contributed by atoms with Crippen molar-refractivity contribution in [1.29, 1.82) is 0 Å². The summed E-state index contributed by atoms with van der Waals surface area (Å²) in [5.74, 6) is 1.64. The molecule has 2 atom stereocenters. The van der Waals surface area contributed by atoms with Crippen LogP contribution in [0.3, 0.4) is 0 Å². The molecule has 2 unspecified atom stereocenters. The van der Waals surface area contributed by atoms with Crippen molar-refractivity contribution in [2.45, 2.75) is 45.3 Å². The molecule has 0 aliphatic rings. The quantitative estimate of drug-likeness (QED) is 0.509. The molecule has 2 rings (SSSR count). The Hall–Kier alpha value is -2.27. The van der Waals surface area contributed by atoms with Gasteiger partial charge in [-0.15, -0.1) is 0 Å². The molecule has 5 heteroatoms. The van der Waals surface area contributed by atoms with Crippen molar-refractivity contribution < 1.29 is 9.52 Å². The Morgan fingerprint density at radius 2 is 2.00 bits per heavy atom. The molecule has 3 N–H and O–H groups in total. The third-order valence-corrected chi connectivity index (χ3v) is 4.18. The molecule has 0 aliphatic carbocycles. The minimum Gasteiger partial charge on any atom is -0.469 e. The van der Waals surface area contributed by atoms with E-state index in [1.54, 1.807) is 13.2 Å². The van der Waals surface area contributed by atoms with Crippen LogP contribution in [0.5, 0.6) is 0 Å². The van der Waals surface area contributed by atoms with E-state index in [1.165, 1.54) is 0 Å². The highest BCUT2D eigenvalue weighted by atomic mass is 16.3. The molecule has 0 amide bonds. The topological polar surface area (TPSA) is 69.8 Å². The average Bonchev–Trinajstić information content (AvgIpc) is 3.13. The summed E-state index contributed by atoms with van der Waals surface area (Å²) in [6.07, 6.45) is 3.45. The van der Waals surface area contributed by atoms with Gasteiger partial charge in [-0.2, -0.15) is 0 Å². The van der Waals surface area contributed by atoms with E-state index in [9.17, 15) is 5.11 Å². The van der Waals surface area contributed by atoms with Crippen molar-refractivity contribution in [3.63, 3.8) is 0 Å². The van der Waals surface area contributed by atoms with Crippen molar-refractivity contribution in [2.75, 3.05) is 13.1 Å². The molecular weight excluding hydrogens is 314 g/mol. The van der Waals surface area contributed by atoms with Crippen LogP contribution in [-0.4, -0.2) is 30.2 Å². The summed E-state index contributed by atoms with van der Waals surface area (Å²) in [5, 5.41) is 17.4. The second-order valence-corrected chi connectivity index (χ2v) is 6.51. The molecule has 0 saturated carbocycles. The van der Waals surface area contributed by atoms with Crippen molar-refractivity contribution in [1.82, 2.24) is 10.6 Å². The highest BCUT2D eigenvalue weighted by molar-refractivity contribution is 5.80. The summed E-state index contributed by atoms with van der Waals surface area (Å²) in [4.78, 5) is 4.59. The summed E-state index contributed by atoms with van der Waals surface area (Å²) in [7, 11) is 0. The van der Waals surface area contributed by atoms with Crippen LogP contribution >= 0.6 is 0 Å². The molecule has 1 heterocycles. The third kappa shape index (κ3) is 6.27. The fraction of sp³-hybridized carbons (Fsp3) is 0.450. The van der Waals surface area contributed by atoms with E-state index in [-0.39, 0.29) is 6.54 Å². The van der Waals surface area contributed by atoms with Gasteiger partial charge in [-0.3, -0.25) is 0 Å². The van der Waals surface area contributed by atoms with Crippen molar-refractivity contribution in [2.24, 2.45) is 4.99 Å². The van der Waals surface area contributed by atoms with E-state index in [2.05, 4.69) is 29.5 Å². The van der Waals surface area contributed by atoms with Gasteiger partial charge in [0.2, 0.25) is 0 Å². The average molecular weight is 343 g/mol. The van der Waals surface area contributed by atoms with Crippen molar-refractivity contribution >= 4 is 5.96 Å². The number of hydrogen-bond acceptors (Lipinski definition) is 3. The number of nitrogens with zero attached hydrogens (tertiary/aromatic N) is 1. The molecule has 1 aromatic heterocycles. The predicted octanol–water partition coefficient (Wildman–Crippen LogP) is 3.06. The standard InChI is InChI=1S/C20H29N3O2/c1-4-16(2)23-19(21-13-12-18-11-8-14-25-18)22-15-20(3,24)17-9-6-5-7-10-17/h5-11,14,16,24H,4,12-13,15H2,1-3H3,(H2,21,22,23). The number of nitrogens with one attached hydrogen (secondary N) is 2. The van der Waals surface area contributed by atoms with E-state index >= 15 is 0 Å². The molecule has 2 aromatic rings. The zero-order chi connectivity index (χ0) is 18.1. The van der Waals surface area contributed by atoms with E-state index < -0.39 is 5.60 Å². The van der Waals surface area contributed by atoms with Gasteiger partial charge in [0.1, 0.15) is 11.4 Å². The van der Waals surface area contributed by atoms with Crippen LogP contribution in [-0.2, 0) is 12.0 Å². The molecule has 25 heavy (non-hydrogen) atoms. The minimum absolute atomic E-state index is 0.281. The van der Waals surface area contributed by atoms with Gasteiger partial charge in [0.25, 0.3) is 0 Å². The summed E-state index contributed by atoms with van der Waals surface area (Å²) in [6, 6.07) is 13.8. The summed E-state index contributed by atoms with van der Waals surface area (Å²) in [6.45, 7) is 7.01. The SMILES string of the molecule is CCC(C)NC(=NCC(C)(O)c1ccccc1)NCCc1ccco1. The summed E-state index contributed by atoms with van der Waals surface area (Å²) < 4.78 is 5.35.